The molecule has 2 aliphatic rings. The summed E-state index contributed by atoms with van der Waals surface area (Å²) < 4.78 is 1.95. The summed E-state index contributed by atoms with van der Waals surface area (Å²) in [5.74, 6) is -0.141. The summed E-state index contributed by atoms with van der Waals surface area (Å²) in [6, 6.07) is 0. The molecule has 6 heteroatoms. The summed E-state index contributed by atoms with van der Waals surface area (Å²) in [6.07, 6.45) is 4.26. The second kappa shape index (κ2) is 4.32. The van der Waals surface area contributed by atoms with Crippen molar-refractivity contribution in [1.29, 1.82) is 0 Å². The van der Waals surface area contributed by atoms with E-state index in [0.717, 1.165) is 25.1 Å². The second-order valence-corrected chi connectivity index (χ2v) is 4.68. The van der Waals surface area contributed by atoms with E-state index in [9.17, 15) is 9.59 Å². The predicted octanol–water partition coefficient (Wildman–Crippen LogP) is 0.00290. The van der Waals surface area contributed by atoms with E-state index in [1.54, 1.807) is 23.9 Å². The summed E-state index contributed by atoms with van der Waals surface area (Å²) in [5, 5.41) is 0. The SMILES string of the molecule is CN1[C]=NC(=O)C(=O)C1N1CCCCS1. The molecule has 81 valence electrons. The van der Waals surface area contributed by atoms with Crippen LogP contribution in [0.1, 0.15) is 12.8 Å². The van der Waals surface area contributed by atoms with Gasteiger partial charge in [-0.05, 0) is 12.8 Å². The lowest BCUT2D eigenvalue weighted by molar-refractivity contribution is -0.141. The molecule has 0 saturated carbocycles. The lowest BCUT2D eigenvalue weighted by Gasteiger charge is -2.36. The van der Waals surface area contributed by atoms with Crippen LogP contribution in [0.25, 0.3) is 0 Å². The van der Waals surface area contributed by atoms with Crippen LogP contribution in [0.5, 0.6) is 0 Å². The zero-order valence-electron chi connectivity index (χ0n) is 8.47. The Kier molecular flexibility index (Phi) is 3.06. The van der Waals surface area contributed by atoms with Gasteiger partial charge in [0, 0.05) is 19.3 Å². The Morgan fingerprint density at radius 2 is 2.27 bits per heavy atom. The van der Waals surface area contributed by atoms with Crippen LogP contribution >= 0.6 is 11.9 Å². The number of carbonyl (C=O) groups is 2. The van der Waals surface area contributed by atoms with Crippen molar-refractivity contribution in [3.63, 3.8) is 0 Å². The summed E-state index contributed by atoms with van der Waals surface area (Å²) >= 11 is 1.62. The minimum Gasteiger partial charge on any atom is -0.333 e. The van der Waals surface area contributed by atoms with Gasteiger partial charge >= 0.3 is 5.91 Å². The minimum atomic E-state index is -0.690. The number of ketones is 1. The molecule has 1 atom stereocenters. The molecule has 1 fully saturated rings. The van der Waals surface area contributed by atoms with E-state index in [4.69, 9.17) is 0 Å². The fourth-order valence-electron chi connectivity index (χ4n) is 1.65. The molecule has 2 aliphatic heterocycles. The molecular formula is C9H12N3O2S. The molecule has 0 spiro atoms. The van der Waals surface area contributed by atoms with E-state index in [-0.39, 0.29) is 0 Å². The van der Waals surface area contributed by atoms with E-state index in [1.807, 2.05) is 4.31 Å². The highest BCUT2D eigenvalue weighted by molar-refractivity contribution is 7.97. The van der Waals surface area contributed by atoms with E-state index >= 15 is 0 Å². The van der Waals surface area contributed by atoms with Crippen LogP contribution in [0.4, 0.5) is 0 Å². The molecule has 0 aromatic rings. The van der Waals surface area contributed by atoms with Gasteiger partial charge in [0.25, 0.3) is 5.78 Å². The molecule has 0 bridgehead atoms. The standard InChI is InChI=1S/C9H12N3O2S/c1-11-6-10-8(14)7(13)9(11)12-4-2-3-5-15-12/h9H,2-5H2,1H3. The Balaban J connectivity index is 2.15. The molecule has 15 heavy (non-hydrogen) atoms. The number of rotatable bonds is 1. The summed E-state index contributed by atoms with van der Waals surface area (Å²) in [7, 11) is 1.72. The van der Waals surface area contributed by atoms with E-state index in [1.165, 1.54) is 0 Å². The third-order valence-corrected chi connectivity index (χ3v) is 3.61. The zero-order valence-corrected chi connectivity index (χ0v) is 9.29. The highest BCUT2D eigenvalue weighted by Crippen LogP contribution is 2.24. The normalized spacial score (nSPS) is 28.6. The number of hydrogen-bond donors (Lipinski definition) is 0. The third kappa shape index (κ3) is 2.05. The van der Waals surface area contributed by atoms with Gasteiger partial charge in [-0.1, -0.05) is 11.9 Å². The van der Waals surface area contributed by atoms with Gasteiger partial charge in [0.1, 0.15) is 0 Å². The molecule has 0 N–H and O–H groups in total. The van der Waals surface area contributed by atoms with E-state index in [0.29, 0.717) is 0 Å². The second-order valence-electron chi connectivity index (χ2n) is 3.55. The van der Waals surface area contributed by atoms with Crippen LogP contribution in [0.15, 0.2) is 4.99 Å². The predicted molar refractivity (Wildman–Crippen MR) is 57.4 cm³/mol. The maximum absolute atomic E-state index is 11.7. The fourth-order valence-corrected chi connectivity index (χ4v) is 2.86. The number of hydrogen-bond acceptors (Lipinski definition) is 5. The Bertz CT molecular complexity index is 312. The Hall–Kier alpha value is -0.880. The van der Waals surface area contributed by atoms with E-state index < -0.39 is 17.9 Å². The summed E-state index contributed by atoms with van der Waals surface area (Å²) in [6.45, 7) is 0.834. The number of Topliss-reactive ketones (excluding diaryl/α,β-unsaturated/α-hetero) is 1. The average Bonchev–Trinajstić information content (AvgIpc) is 2.26. The molecule has 0 aliphatic carbocycles. The molecule has 1 amide bonds. The first kappa shape index (κ1) is 10.6. The number of nitrogens with zero attached hydrogens (tertiary/aromatic N) is 3. The zero-order chi connectivity index (χ0) is 10.8. The number of likely N-dealkylation sites (N-methyl/N-ethyl adjacent to an activating group) is 1. The molecule has 1 saturated heterocycles. The van der Waals surface area contributed by atoms with Crippen LogP contribution in [0.3, 0.4) is 0 Å². The van der Waals surface area contributed by atoms with Crippen molar-refractivity contribution in [2.75, 3.05) is 19.3 Å². The molecule has 0 aromatic carbocycles. The van der Waals surface area contributed by atoms with Crippen LogP contribution in [0, 0.1) is 0 Å². The Labute approximate surface area is 92.6 Å². The monoisotopic (exact) mass is 226 g/mol. The summed E-state index contributed by atoms with van der Waals surface area (Å²) in [4.78, 5) is 27.8. The molecule has 2 rings (SSSR count). The van der Waals surface area contributed by atoms with Crippen LogP contribution < -0.4 is 0 Å². The van der Waals surface area contributed by atoms with Gasteiger partial charge in [0.15, 0.2) is 12.5 Å². The first-order valence-electron chi connectivity index (χ1n) is 4.87. The number of carbonyl (C=O) groups excluding carboxylic acids is 2. The molecular weight excluding hydrogens is 214 g/mol. The van der Waals surface area contributed by atoms with Crippen LogP contribution in [-0.4, -0.2) is 52.7 Å². The van der Waals surface area contributed by atoms with Gasteiger partial charge in [-0.3, -0.25) is 9.59 Å². The third-order valence-electron chi connectivity index (χ3n) is 2.42. The fraction of sp³-hybridized carbons (Fsp3) is 0.667. The molecule has 0 aromatic heterocycles. The molecule has 2 heterocycles. The van der Waals surface area contributed by atoms with Crippen molar-refractivity contribution in [3.05, 3.63) is 0 Å². The van der Waals surface area contributed by atoms with Gasteiger partial charge < -0.3 is 4.90 Å². The topological polar surface area (TPSA) is 53.0 Å². The maximum Gasteiger partial charge on any atom is 0.318 e. The smallest absolute Gasteiger partial charge is 0.318 e. The molecule has 5 nitrogen and oxygen atoms in total. The van der Waals surface area contributed by atoms with Gasteiger partial charge in [-0.2, -0.15) is 4.99 Å². The van der Waals surface area contributed by atoms with Gasteiger partial charge in [-0.25, -0.2) is 4.31 Å². The molecule has 1 unspecified atom stereocenters. The maximum atomic E-state index is 11.7. The van der Waals surface area contributed by atoms with Gasteiger partial charge in [0.05, 0.1) is 0 Å². The quantitative estimate of drug-likeness (QED) is 0.465. The van der Waals surface area contributed by atoms with Crippen molar-refractivity contribution in [1.82, 2.24) is 9.21 Å². The first-order chi connectivity index (χ1) is 7.20. The number of amides is 1. The van der Waals surface area contributed by atoms with Gasteiger partial charge in [-0.15, -0.1) is 0 Å². The largest absolute Gasteiger partial charge is 0.333 e. The van der Waals surface area contributed by atoms with Crippen molar-refractivity contribution in [2.45, 2.75) is 19.0 Å². The Morgan fingerprint density at radius 3 is 2.93 bits per heavy atom. The van der Waals surface area contributed by atoms with Crippen molar-refractivity contribution in [2.24, 2.45) is 4.99 Å². The first-order valence-corrected chi connectivity index (χ1v) is 5.81. The number of aliphatic imine (C=N–C) groups is 1. The lowest BCUT2D eigenvalue weighted by atomic mass is 10.2. The summed E-state index contributed by atoms with van der Waals surface area (Å²) in [5.41, 5.74) is 0. The van der Waals surface area contributed by atoms with E-state index in [2.05, 4.69) is 11.3 Å². The van der Waals surface area contributed by atoms with Crippen molar-refractivity contribution < 1.29 is 9.59 Å². The van der Waals surface area contributed by atoms with Crippen molar-refractivity contribution >= 4 is 30.0 Å². The molecule has 1 radical (unpaired) electrons. The Morgan fingerprint density at radius 1 is 1.47 bits per heavy atom. The minimum absolute atomic E-state index is 0.453. The average molecular weight is 226 g/mol. The highest BCUT2D eigenvalue weighted by Gasteiger charge is 2.37. The highest BCUT2D eigenvalue weighted by atomic mass is 32.2. The lowest BCUT2D eigenvalue weighted by Crippen LogP contribution is -2.54. The van der Waals surface area contributed by atoms with Crippen LogP contribution in [0.2, 0.25) is 0 Å². The van der Waals surface area contributed by atoms with Crippen molar-refractivity contribution in [3.8, 4) is 0 Å². The van der Waals surface area contributed by atoms with Gasteiger partial charge in [0.2, 0.25) is 0 Å². The van der Waals surface area contributed by atoms with Crippen LogP contribution in [-0.2, 0) is 9.59 Å².